The molecule has 1 N–H and O–H groups in total. The van der Waals surface area contributed by atoms with Gasteiger partial charge in [-0.2, -0.15) is 0 Å². The maximum absolute atomic E-state index is 11.8. The highest BCUT2D eigenvalue weighted by Gasteiger charge is 2.14. The van der Waals surface area contributed by atoms with Gasteiger partial charge in [0.05, 0.1) is 7.11 Å². The number of nitrogens with zero attached hydrogens (tertiary/aromatic N) is 2. The fraction of sp³-hybridized carbons (Fsp3) is 0.176. The van der Waals surface area contributed by atoms with E-state index in [1.807, 2.05) is 24.3 Å². The third-order valence-electron chi connectivity index (χ3n) is 3.40. The van der Waals surface area contributed by atoms with E-state index >= 15 is 0 Å². The van der Waals surface area contributed by atoms with Crippen LogP contribution in [0, 0.1) is 0 Å². The van der Waals surface area contributed by atoms with Crippen LogP contribution in [0.15, 0.2) is 47.3 Å². The van der Waals surface area contributed by atoms with Gasteiger partial charge in [0.1, 0.15) is 18.6 Å². The van der Waals surface area contributed by atoms with Crippen molar-refractivity contribution in [3.63, 3.8) is 0 Å². The zero-order valence-electron chi connectivity index (χ0n) is 13.4. The Labute approximate surface area is 142 Å². The molecule has 25 heavy (non-hydrogen) atoms. The SMILES string of the molecule is COC(=O)CNC(=O)c1coc(COc2cccc3cnccc23)n1. The third-order valence-corrected chi connectivity index (χ3v) is 3.40. The molecule has 8 nitrogen and oxygen atoms in total. The topological polar surface area (TPSA) is 104 Å². The Morgan fingerprint density at radius 3 is 3.00 bits per heavy atom. The van der Waals surface area contributed by atoms with Crippen molar-refractivity contribution in [1.82, 2.24) is 15.3 Å². The first-order valence-corrected chi connectivity index (χ1v) is 7.42. The molecule has 0 spiro atoms. The summed E-state index contributed by atoms with van der Waals surface area (Å²) in [6, 6.07) is 7.48. The molecule has 0 aliphatic carbocycles. The number of hydrogen-bond acceptors (Lipinski definition) is 7. The molecule has 2 heterocycles. The predicted molar refractivity (Wildman–Crippen MR) is 86.9 cm³/mol. The summed E-state index contributed by atoms with van der Waals surface area (Å²) in [7, 11) is 1.24. The summed E-state index contributed by atoms with van der Waals surface area (Å²) in [6.07, 6.45) is 4.64. The van der Waals surface area contributed by atoms with Crippen LogP contribution < -0.4 is 10.1 Å². The number of rotatable bonds is 6. The number of oxazole rings is 1. The van der Waals surface area contributed by atoms with E-state index in [4.69, 9.17) is 9.15 Å². The maximum Gasteiger partial charge on any atom is 0.325 e. The number of fused-ring (bicyclic) bond motifs is 1. The minimum absolute atomic E-state index is 0.0598. The number of esters is 1. The molecule has 128 valence electrons. The van der Waals surface area contributed by atoms with Crippen molar-refractivity contribution < 1.29 is 23.5 Å². The van der Waals surface area contributed by atoms with Crippen LogP contribution in [0.25, 0.3) is 10.8 Å². The van der Waals surface area contributed by atoms with Crippen molar-refractivity contribution in [2.24, 2.45) is 0 Å². The molecule has 0 aliphatic rings. The van der Waals surface area contributed by atoms with E-state index in [1.165, 1.54) is 13.4 Å². The normalized spacial score (nSPS) is 10.4. The van der Waals surface area contributed by atoms with Gasteiger partial charge in [-0.15, -0.1) is 0 Å². The van der Waals surface area contributed by atoms with Crippen molar-refractivity contribution in [1.29, 1.82) is 0 Å². The number of hydrogen-bond donors (Lipinski definition) is 1. The number of aromatic nitrogens is 2. The van der Waals surface area contributed by atoms with Gasteiger partial charge in [0.15, 0.2) is 12.3 Å². The van der Waals surface area contributed by atoms with Crippen LogP contribution in [-0.4, -0.2) is 35.5 Å². The average Bonchev–Trinajstić information content (AvgIpc) is 3.13. The standard InChI is InChI=1S/C17H15N3O5/c1-23-16(21)8-19-17(22)13-9-25-15(20-13)10-24-14-4-2-3-11-7-18-6-5-12(11)14/h2-7,9H,8,10H2,1H3,(H,19,22). The number of pyridine rings is 1. The number of amides is 1. The number of carbonyl (C=O) groups is 2. The van der Waals surface area contributed by atoms with Gasteiger partial charge < -0.3 is 19.2 Å². The highest BCUT2D eigenvalue weighted by Crippen LogP contribution is 2.25. The molecule has 0 unspecified atom stereocenters. The van der Waals surface area contributed by atoms with Crippen molar-refractivity contribution >= 4 is 22.6 Å². The molecule has 0 saturated heterocycles. The summed E-state index contributed by atoms with van der Waals surface area (Å²) < 4.78 is 15.4. The molecule has 3 aromatic rings. The smallest absolute Gasteiger partial charge is 0.325 e. The molecule has 0 aliphatic heterocycles. The first-order chi connectivity index (χ1) is 12.2. The van der Waals surface area contributed by atoms with Gasteiger partial charge in [0.25, 0.3) is 5.91 Å². The lowest BCUT2D eigenvalue weighted by molar-refractivity contribution is -0.139. The van der Waals surface area contributed by atoms with Gasteiger partial charge in [-0.05, 0) is 12.1 Å². The fourth-order valence-electron chi connectivity index (χ4n) is 2.15. The lowest BCUT2D eigenvalue weighted by Gasteiger charge is -2.06. The highest BCUT2D eigenvalue weighted by molar-refractivity contribution is 5.93. The zero-order valence-corrected chi connectivity index (χ0v) is 13.4. The Morgan fingerprint density at radius 1 is 1.28 bits per heavy atom. The molecule has 1 amide bonds. The van der Waals surface area contributed by atoms with E-state index in [0.29, 0.717) is 5.75 Å². The highest BCUT2D eigenvalue weighted by atomic mass is 16.5. The fourth-order valence-corrected chi connectivity index (χ4v) is 2.15. The average molecular weight is 341 g/mol. The summed E-state index contributed by atoms with van der Waals surface area (Å²) in [5, 5.41) is 4.25. The lowest BCUT2D eigenvalue weighted by atomic mass is 10.1. The Kier molecular flexibility index (Phi) is 4.89. The van der Waals surface area contributed by atoms with Gasteiger partial charge in [-0.3, -0.25) is 14.6 Å². The van der Waals surface area contributed by atoms with Gasteiger partial charge in [0, 0.05) is 23.2 Å². The van der Waals surface area contributed by atoms with Crippen molar-refractivity contribution in [2.75, 3.05) is 13.7 Å². The third kappa shape index (κ3) is 3.92. The van der Waals surface area contributed by atoms with E-state index in [9.17, 15) is 9.59 Å². The second-order valence-electron chi connectivity index (χ2n) is 5.03. The van der Waals surface area contributed by atoms with Crippen LogP contribution in [0.2, 0.25) is 0 Å². The van der Waals surface area contributed by atoms with Gasteiger partial charge in [-0.1, -0.05) is 12.1 Å². The van der Waals surface area contributed by atoms with Crippen LogP contribution in [0.5, 0.6) is 5.75 Å². The molecule has 0 radical (unpaired) electrons. The Morgan fingerprint density at radius 2 is 2.16 bits per heavy atom. The summed E-state index contributed by atoms with van der Waals surface area (Å²) in [4.78, 5) is 31.0. The summed E-state index contributed by atoms with van der Waals surface area (Å²) in [6.45, 7) is -0.177. The van der Waals surface area contributed by atoms with E-state index in [-0.39, 0.29) is 24.7 Å². The van der Waals surface area contributed by atoms with E-state index in [1.54, 1.807) is 12.4 Å². The Balaban J connectivity index is 1.63. The van der Waals surface area contributed by atoms with Crippen LogP contribution in [-0.2, 0) is 16.1 Å². The van der Waals surface area contributed by atoms with Crippen molar-refractivity contribution in [2.45, 2.75) is 6.61 Å². The molecule has 1 aromatic carbocycles. The molecule has 0 fully saturated rings. The van der Waals surface area contributed by atoms with Gasteiger partial charge in [0.2, 0.25) is 5.89 Å². The van der Waals surface area contributed by atoms with Crippen molar-refractivity contribution in [3.8, 4) is 5.75 Å². The summed E-state index contributed by atoms with van der Waals surface area (Å²) >= 11 is 0. The van der Waals surface area contributed by atoms with Crippen LogP contribution in [0.3, 0.4) is 0 Å². The summed E-state index contributed by atoms with van der Waals surface area (Å²) in [5.41, 5.74) is 0.0598. The number of methoxy groups -OCH3 is 1. The second-order valence-corrected chi connectivity index (χ2v) is 5.03. The lowest BCUT2D eigenvalue weighted by Crippen LogP contribution is -2.30. The molecule has 0 atom stereocenters. The molecule has 8 heteroatoms. The largest absolute Gasteiger partial charge is 0.483 e. The first-order valence-electron chi connectivity index (χ1n) is 7.42. The zero-order chi connectivity index (χ0) is 17.6. The molecule has 0 bridgehead atoms. The van der Waals surface area contributed by atoms with E-state index in [2.05, 4.69) is 20.0 Å². The molecular weight excluding hydrogens is 326 g/mol. The number of carbonyl (C=O) groups excluding carboxylic acids is 2. The second kappa shape index (κ2) is 7.43. The molecule has 2 aromatic heterocycles. The Hall–Kier alpha value is -3.42. The van der Waals surface area contributed by atoms with Crippen LogP contribution in [0.1, 0.15) is 16.4 Å². The van der Waals surface area contributed by atoms with Crippen molar-refractivity contribution in [3.05, 3.63) is 54.5 Å². The molecule has 3 rings (SSSR count). The monoisotopic (exact) mass is 341 g/mol. The quantitative estimate of drug-likeness (QED) is 0.681. The molecular formula is C17H15N3O5. The number of benzene rings is 1. The van der Waals surface area contributed by atoms with Gasteiger partial charge in [-0.25, -0.2) is 4.98 Å². The Bertz CT molecular complexity index is 901. The van der Waals surface area contributed by atoms with Crippen LogP contribution in [0.4, 0.5) is 0 Å². The number of nitrogens with one attached hydrogen (secondary N) is 1. The predicted octanol–water partition coefficient (Wildman–Crippen LogP) is 1.70. The van der Waals surface area contributed by atoms with Crippen LogP contribution >= 0.6 is 0 Å². The first kappa shape index (κ1) is 16.4. The summed E-state index contributed by atoms with van der Waals surface area (Å²) in [5.74, 6) is -0.174. The minimum Gasteiger partial charge on any atom is -0.483 e. The van der Waals surface area contributed by atoms with Gasteiger partial charge >= 0.3 is 5.97 Å². The number of ether oxygens (including phenoxy) is 2. The van der Waals surface area contributed by atoms with E-state index in [0.717, 1.165) is 10.8 Å². The van der Waals surface area contributed by atoms with E-state index < -0.39 is 11.9 Å². The maximum atomic E-state index is 11.8. The molecule has 0 saturated carbocycles. The minimum atomic E-state index is -0.550.